The molecule has 0 amide bonds. The average molecular weight is 288 g/mol. The van der Waals surface area contributed by atoms with Crippen molar-refractivity contribution >= 4 is 23.6 Å². The Morgan fingerprint density at radius 1 is 1.32 bits per heavy atom. The minimum atomic E-state index is 0.612. The van der Waals surface area contributed by atoms with Gasteiger partial charge in [-0.2, -0.15) is 5.10 Å². The third-order valence-electron chi connectivity index (χ3n) is 2.98. The van der Waals surface area contributed by atoms with E-state index in [0.717, 1.165) is 21.3 Å². The van der Waals surface area contributed by atoms with E-state index < -0.39 is 0 Å². The van der Waals surface area contributed by atoms with Gasteiger partial charge in [-0.15, -0.1) is 11.3 Å². The van der Waals surface area contributed by atoms with E-state index in [4.69, 9.17) is 12.2 Å². The van der Waals surface area contributed by atoms with Crippen LogP contribution in [0.1, 0.15) is 5.56 Å². The molecule has 3 aromatic rings. The molecule has 0 saturated carbocycles. The lowest BCUT2D eigenvalue weighted by Crippen LogP contribution is -1.89. The van der Waals surface area contributed by atoms with E-state index in [9.17, 15) is 0 Å². The molecule has 0 bridgehead atoms. The zero-order valence-electron chi connectivity index (χ0n) is 10.5. The quantitative estimate of drug-likeness (QED) is 0.733. The molecule has 0 radical (unpaired) electrons. The van der Waals surface area contributed by atoms with Gasteiger partial charge in [-0.05, 0) is 24.7 Å². The van der Waals surface area contributed by atoms with Crippen molar-refractivity contribution in [2.75, 3.05) is 0 Å². The van der Waals surface area contributed by atoms with Gasteiger partial charge in [0.25, 0.3) is 0 Å². The fraction of sp³-hybridized carbons (Fsp3) is 0.154. The molecule has 0 aliphatic rings. The maximum atomic E-state index is 5.12. The van der Waals surface area contributed by atoms with Gasteiger partial charge in [0.15, 0.2) is 10.6 Å². The molecule has 0 aliphatic carbocycles. The van der Waals surface area contributed by atoms with Crippen LogP contribution in [0.3, 0.4) is 0 Å². The van der Waals surface area contributed by atoms with E-state index in [2.05, 4.69) is 34.2 Å². The summed E-state index contributed by atoms with van der Waals surface area (Å²) in [5, 5.41) is 8.02. The number of aryl methyl sites for hydroxylation is 1. The number of aromatic amines is 1. The second-order valence-corrected chi connectivity index (χ2v) is 5.67. The number of rotatable bonds is 2. The van der Waals surface area contributed by atoms with Gasteiger partial charge < -0.3 is 4.57 Å². The standard InChI is InChI=1S/C13H12N4S2/c1-8-5-3-4-6-9(8)12-14-7-10(19-12)11-15-16-13(18)17(11)2/h3-7H,1-2H3,(H,16,18). The number of nitrogens with one attached hydrogen (secondary N) is 1. The van der Waals surface area contributed by atoms with Crippen molar-refractivity contribution in [2.24, 2.45) is 7.05 Å². The summed E-state index contributed by atoms with van der Waals surface area (Å²) in [4.78, 5) is 5.50. The summed E-state index contributed by atoms with van der Waals surface area (Å²) in [7, 11) is 1.90. The lowest BCUT2D eigenvalue weighted by Gasteiger charge is -2.00. The third kappa shape index (κ3) is 2.13. The molecule has 6 heteroatoms. The summed E-state index contributed by atoms with van der Waals surface area (Å²) in [6, 6.07) is 8.23. The molecule has 2 heterocycles. The Morgan fingerprint density at radius 2 is 2.11 bits per heavy atom. The number of hydrogen-bond donors (Lipinski definition) is 1. The van der Waals surface area contributed by atoms with E-state index >= 15 is 0 Å². The number of aromatic nitrogens is 4. The Morgan fingerprint density at radius 3 is 2.79 bits per heavy atom. The minimum absolute atomic E-state index is 0.612. The first-order valence-corrected chi connectivity index (χ1v) is 7.03. The summed E-state index contributed by atoms with van der Waals surface area (Å²) in [5.41, 5.74) is 2.38. The average Bonchev–Trinajstić information content (AvgIpc) is 2.99. The first-order chi connectivity index (χ1) is 9.16. The first-order valence-electron chi connectivity index (χ1n) is 5.80. The highest BCUT2D eigenvalue weighted by atomic mass is 32.1. The van der Waals surface area contributed by atoms with Gasteiger partial charge in [0.1, 0.15) is 5.01 Å². The maximum absolute atomic E-state index is 5.12. The van der Waals surface area contributed by atoms with E-state index in [1.165, 1.54) is 5.56 Å². The molecule has 0 aliphatic heterocycles. The fourth-order valence-electron chi connectivity index (χ4n) is 1.88. The summed E-state index contributed by atoms with van der Waals surface area (Å²) in [6.07, 6.45) is 1.84. The zero-order chi connectivity index (χ0) is 13.4. The van der Waals surface area contributed by atoms with Crippen LogP contribution in [-0.2, 0) is 7.05 Å². The number of H-pyrrole nitrogens is 1. The van der Waals surface area contributed by atoms with Gasteiger partial charge in [0.2, 0.25) is 0 Å². The highest BCUT2D eigenvalue weighted by molar-refractivity contribution is 7.71. The van der Waals surface area contributed by atoms with Gasteiger partial charge in [-0.25, -0.2) is 4.98 Å². The van der Waals surface area contributed by atoms with Gasteiger partial charge in [-0.1, -0.05) is 24.3 Å². The number of benzene rings is 1. The summed E-state index contributed by atoms with van der Waals surface area (Å²) >= 11 is 6.74. The molecule has 96 valence electrons. The molecule has 19 heavy (non-hydrogen) atoms. The zero-order valence-corrected chi connectivity index (χ0v) is 12.2. The Hall–Kier alpha value is -1.79. The van der Waals surface area contributed by atoms with Crippen LogP contribution in [0, 0.1) is 11.7 Å². The molecular weight excluding hydrogens is 276 g/mol. The number of nitrogens with zero attached hydrogens (tertiary/aromatic N) is 3. The lowest BCUT2D eigenvalue weighted by molar-refractivity contribution is 0.903. The van der Waals surface area contributed by atoms with Crippen molar-refractivity contribution in [3.63, 3.8) is 0 Å². The van der Waals surface area contributed by atoms with Crippen LogP contribution in [0.4, 0.5) is 0 Å². The SMILES string of the molecule is Cc1ccccc1-c1ncc(-c2n[nH]c(=S)n2C)s1. The van der Waals surface area contributed by atoms with Gasteiger partial charge in [-0.3, -0.25) is 5.10 Å². The number of thiazole rings is 1. The Kier molecular flexibility index (Phi) is 3.04. The molecule has 0 atom stereocenters. The fourth-order valence-corrected chi connectivity index (χ4v) is 3.05. The largest absolute Gasteiger partial charge is 0.303 e. The second kappa shape index (κ2) is 4.71. The topological polar surface area (TPSA) is 46.5 Å². The summed E-state index contributed by atoms with van der Waals surface area (Å²) in [6.45, 7) is 2.09. The lowest BCUT2D eigenvalue weighted by atomic mass is 10.1. The maximum Gasteiger partial charge on any atom is 0.195 e. The van der Waals surface area contributed by atoms with E-state index in [1.807, 2.05) is 29.9 Å². The molecule has 1 N–H and O–H groups in total. The van der Waals surface area contributed by atoms with Gasteiger partial charge in [0.05, 0.1) is 4.88 Å². The Balaban J connectivity index is 2.08. The Labute approximate surface area is 119 Å². The second-order valence-electron chi connectivity index (χ2n) is 4.26. The van der Waals surface area contributed by atoms with Crippen molar-refractivity contribution < 1.29 is 0 Å². The van der Waals surface area contributed by atoms with Gasteiger partial charge in [0, 0.05) is 18.8 Å². The van der Waals surface area contributed by atoms with Crippen LogP contribution in [0.5, 0.6) is 0 Å². The molecule has 4 nitrogen and oxygen atoms in total. The predicted octanol–water partition coefficient (Wildman–Crippen LogP) is 3.58. The molecular formula is C13H12N4S2. The van der Waals surface area contributed by atoms with Crippen LogP contribution in [0.15, 0.2) is 30.5 Å². The van der Waals surface area contributed by atoms with Crippen LogP contribution in [0.25, 0.3) is 21.3 Å². The van der Waals surface area contributed by atoms with Crippen LogP contribution in [0.2, 0.25) is 0 Å². The highest BCUT2D eigenvalue weighted by Crippen LogP contribution is 2.32. The third-order valence-corrected chi connectivity index (χ3v) is 4.37. The summed E-state index contributed by atoms with van der Waals surface area (Å²) < 4.78 is 2.46. The van der Waals surface area contributed by atoms with Crippen molar-refractivity contribution in [1.29, 1.82) is 0 Å². The van der Waals surface area contributed by atoms with E-state index in [-0.39, 0.29) is 0 Å². The molecule has 0 saturated heterocycles. The minimum Gasteiger partial charge on any atom is -0.303 e. The monoisotopic (exact) mass is 288 g/mol. The highest BCUT2D eigenvalue weighted by Gasteiger charge is 2.12. The van der Waals surface area contributed by atoms with Crippen LogP contribution in [-0.4, -0.2) is 19.7 Å². The van der Waals surface area contributed by atoms with Crippen molar-refractivity contribution in [1.82, 2.24) is 19.7 Å². The Bertz CT molecular complexity index is 782. The molecule has 0 fully saturated rings. The molecule has 3 rings (SSSR count). The predicted molar refractivity (Wildman–Crippen MR) is 79.7 cm³/mol. The van der Waals surface area contributed by atoms with Crippen molar-refractivity contribution in [3.05, 3.63) is 40.8 Å². The smallest absolute Gasteiger partial charge is 0.195 e. The van der Waals surface area contributed by atoms with Crippen molar-refractivity contribution in [3.8, 4) is 21.3 Å². The van der Waals surface area contributed by atoms with Crippen LogP contribution < -0.4 is 0 Å². The molecule has 0 unspecified atom stereocenters. The van der Waals surface area contributed by atoms with E-state index in [0.29, 0.717) is 4.77 Å². The molecule has 0 spiro atoms. The molecule has 2 aromatic heterocycles. The van der Waals surface area contributed by atoms with E-state index in [1.54, 1.807) is 11.3 Å². The van der Waals surface area contributed by atoms with Gasteiger partial charge >= 0.3 is 0 Å². The normalized spacial score (nSPS) is 10.8. The number of hydrogen-bond acceptors (Lipinski definition) is 4. The molecule has 1 aromatic carbocycles. The van der Waals surface area contributed by atoms with Crippen molar-refractivity contribution in [2.45, 2.75) is 6.92 Å². The first kappa shape index (κ1) is 12.3. The summed E-state index contributed by atoms with van der Waals surface area (Å²) in [5.74, 6) is 0.822. The van der Waals surface area contributed by atoms with Crippen LogP contribution >= 0.6 is 23.6 Å².